The van der Waals surface area contributed by atoms with Crippen LogP contribution in [-0.2, 0) is 4.79 Å². The molecule has 28 heavy (non-hydrogen) atoms. The van der Waals surface area contributed by atoms with Gasteiger partial charge in [0.1, 0.15) is 24.7 Å². The van der Waals surface area contributed by atoms with Gasteiger partial charge in [0.05, 0.1) is 12.2 Å². The Balaban J connectivity index is 1.46. The topological polar surface area (TPSA) is 59.6 Å². The molecule has 2 N–H and O–H groups in total. The summed E-state index contributed by atoms with van der Waals surface area (Å²) in [5, 5.41) is 5.99. The van der Waals surface area contributed by atoms with E-state index < -0.39 is 0 Å². The van der Waals surface area contributed by atoms with E-state index in [2.05, 4.69) is 33.2 Å². The van der Waals surface area contributed by atoms with Gasteiger partial charge in [0.25, 0.3) is 0 Å². The minimum absolute atomic E-state index is 0.122. The van der Waals surface area contributed by atoms with E-state index in [0.29, 0.717) is 19.0 Å². The molecule has 0 aromatic heterocycles. The van der Waals surface area contributed by atoms with Crippen molar-refractivity contribution in [1.29, 1.82) is 0 Å². The smallest absolute Gasteiger partial charge is 0.243 e. The van der Waals surface area contributed by atoms with Crippen LogP contribution in [-0.4, -0.2) is 25.7 Å². The highest BCUT2D eigenvalue weighted by Crippen LogP contribution is 2.23. The quantitative estimate of drug-likeness (QED) is 0.336. The average molecular weight is 488 g/mol. The number of nitrogens with one attached hydrogen (secondary N) is 2. The molecule has 1 amide bonds. The first kappa shape index (κ1) is 20.0. The van der Waals surface area contributed by atoms with E-state index in [1.165, 1.54) is 0 Å². The first-order valence-corrected chi connectivity index (χ1v) is 9.97. The molecule has 0 unspecified atom stereocenters. The number of benzene rings is 3. The lowest BCUT2D eigenvalue weighted by Gasteiger charge is -2.14. The number of carbonyl (C=O) groups excluding carboxylic acids is 1. The molecule has 3 rings (SSSR count). The molecule has 0 fully saturated rings. The van der Waals surface area contributed by atoms with E-state index in [9.17, 15) is 4.79 Å². The zero-order valence-electron chi connectivity index (χ0n) is 15.2. The molecule has 0 spiro atoms. The third-order valence-corrected chi connectivity index (χ3v) is 4.53. The van der Waals surface area contributed by atoms with Gasteiger partial charge in [-0.25, -0.2) is 0 Å². The Kier molecular flexibility index (Phi) is 7.54. The van der Waals surface area contributed by atoms with Gasteiger partial charge in [-0.3, -0.25) is 4.79 Å². The highest BCUT2D eigenvalue weighted by Gasteiger charge is 2.06. The number of amides is 1. The van der Waals surface area contributed by atoms with Crippen molar-refractivity contribution in [3.05, 3.63) is 82.4 Å². The van der Waals surface area contributed by atoms with E-state index in [1.54, 1.807) is 0 Å². The fourth-order valence-electron chi connectivity index (χ4n) is 2.48. The van der Waals surface area contributed by atoms with Crippen LogP contribution in [0.4, 0.5) is 11.4 Å². The van der Waals surface area contributed by atoms with Crippen LogP contribution >= 0.6 is 22.6 Å². The summed E-state index contributed by atoms with van der Waals surface area (Å²) in [6, 6.07) is 24.8. The number of ether oxygens (including phenoxy) is 2. The van der Waals surface area contributed by atoms with Crippen molar-refractivity contribution in [2.24, 2.45) is 0 Å². The SMILES string of the molecule is O=C(CNc1ccccc1OCCOc1ccccc1)Nc1ccc(I)cc1. The van der Waals surface area contributed by atoms with Crippen LogP contribution in [0.5, 0.6) is 11.5 Å². The maximum atomic E-state index is 12.2. The van der Waals surface area contributed by atoms with E-state index in [4.69, 9.17) is 9.47 Å². The van der Waals surface area contributed by atoms with Gasteiger partial charge in [-0.2, -0.15) is 0 Å². The highest BCUT2D eigenvalue weighted by molar-refractivity contribution is 14.1. The Bertz CT molecular complexity index is 886. The maximum absolute atomic E-state index is 12.2. The van der Waals surface area contributed by atoms with Crippen LogP contribution in [0, 0.1) is 3.57 Å². The lowest BCUT2D eigenvalue weighted by atomic mass is 10.3. The normalized spacial score (nSPS) is 10.2. The monoisotopic (exact) mass is 488 g/mol. The molecule has 0 saturated heterocycles. The van der Waals surface area contributed by atoms with Gasteiger partial charge in [-0.1, -0.05) is 30.3 Å². The van der Waals surface area contributed by atoms with Gasteiger partial charge in [0.15, 0.2) is 0 Å². The van der Waals surface area contributed by atoms with Gasteiger partial charge in [0, 0.05) is 9.26 Å². The lowest BCUT2D eigenvalue weighted by molar-refractivity contribution is -0.114. The summed E-state index contributed by atoms with van der Waals surface area (Å²) in [5.74, 6) is 1.37. The number of hydrogen-bond donors (Lipinski definition) is 2. The molecule has 144 valence electrons. The summed E-state index contributed by atoms with van der Waals surface area (Å²) in [6.45, 7) is 0.987. The van der Waals surface area contributed by atoms with Crippen LogP contribution in [0.1, 0.15) is 0 Å². The summed E-state index contributed by atoms with van der Waals surface area (Å²) in [4.78, 5) is 12.2. The third kappa shape index (κ3) is 6.45. The van der Waals surface area contributed by atoms with Crippen molar-refractivity contribution < 1.29 is 14.3 Å². The molecule has 0 atom stereocenters. The Morgan fingerprint density at radius 2 is 1.50 bits per heavy atom. The summed E-state index contributed by atoms with van der Waals surface area (Å²) in [7, 11) is 0. The molecule has 0 radical (unpaired) electrons. The summed E-state index contributed by atoms with van der Waals surface area (Å²) in [6.07, 6.45) is 0. The van der Waals surface area contributed by atoms with Crippen LogP contribution in [0.2, 0.25) is 0 Å². The first-order valence-electron chi connectivity index (χ1n) is 8.90. The third-order valence-electron chi connectivity index (χ3n) is 3.81. The van der Waals surface area contributed by atoms with Gasteiger partial charge >= 0.3 is 0 Å². The average Bonchev–Trinajstić information content (AvgIpc) is 2.73. The Hall–Kier alpha value is -2.74. The highest BCUT2D eigenvalue weighted by atomic mass is 127. The minimum atomic E-state index is -0.122. The number of rotatable bonds is 9. The standard InChI is InChI=1S/C22H21IN2O3/c23-17-10-12-18(13-11-17)25-22(26)16-24-20-8-4-5-9-21(20)28-15-14-27-19-6-2-1-3-7-19/h1-13,24H,14-16H2,(H,25,26). The number of anilines is 2. The van der Waals surface area contributed by atoms with Gasteiger partial charge < -0.3 is 20.1 Å². The predicted molar refractivity (Wildman–Crippen MR) is 120 cm³/mol. The Morgan fingerprint density at radius 1 is 0.821 bits per heavy atom. The molecule has 0 aliphatic heterocycles. The molecule has 3 aromatic carbocycles. The fraction of sp³-hybridized carbons (Fsp3) is 0.136. The summed E-state index contributed by atoms with van der Waals surface area (Å²) < 4.78 is 12.6. The molecule has 0 aliphatic carbocycles. The Morgan fingerprint density at radius 3 is 2.29 bits per heavy atom. The molecule has 0 aliphatic rings. The molecule has 3 aromatic rings. The Labute approximate surface area is 178 Å². The molecular formula is C22H21IN2O3. The molecule has 6 heteroatoms. The van der Waals surface area contributed by atoms with Crippen LogP contribution < -0.4 is 20.1 Å². The number of hydrogen-bond acceptors (Lipinski definition) is 4. The van der Waals surface area contributed by atoms with E-state index in [0.717, 1.165) is 20.7 Å². The number of para-hydroxylation sites is 3. The van der Waals surface area contributed by atoms with Crippen molar-refractivity contribution in [1.82, 2.24) is 0 Å². The summed E-state index contributed by atoms with van der Waals surface area (Å²) >= 11 is 2.23. The number of carbonyl (C=O) groups is 1. The largest absolute Gasteiger partial charge is 0.490 e. The van der Waals surface area contributed by atoms with Crippen molar-refractivity contribution in [2.45, 2.75) is 0 Å². The second-order valence-electron chi connectivity index (χ2n) is 5.91. The fourth-order valence-corrected chi connectivity index (χ4v) is 2.84. The van der Waals surface area contributed by atoms with Gasteiger partial charge in [-0.15, -0.1) is 0 Å². The molecule has 0 saturated carbocycles. The predicted octanol–water partition coefficient (Wildman–Crippen LogP) is 4.80. The van der Waals surface area contributed by atoms with Crippen molar-refractivity contribution in [3.63, 3.8) is 0 Å². The van der Waals surface area contributed by atoms with Crippen molar-refractivity contribution in [3.8, 4) is 11.5 Å². The zero-order valence-corrected chi connectivity index (χ0v) is 17.4. The minimum Gasteiger partial charge on any atom is -0.490 e. The van der Waals surface area contributed by atoms with Gasteiger partial charge in [-0.05, 0) is 71.1 Å². The summed E-state index contributed by atoms with van der Waals surface area (Å²) in [5.41, 5.74) is 1.54. The van der Waals surface area contributed by atoms with E-state index in [-0.39, 0.29) is 12.5 Å². The van der Waals surface area contributed by atoms with E-state index >= 15 is 0 Å². The van der Waals surface area contributed by atoms with E-state index in [1.807, 2.05) is 78.9 Å². The second kappa shape index (κ2) is 10.6. The maximum Gasteiger partial charge on any atom is 0.243 e. The van der Waals surface area contributed by atoms with Crippen LogP contribution in [0.15, 0.2) is 78.9 Å². The molecule has 0 heterocycles. The lowest BCUT2D eigenvalue weighted by Crippen LogP contribution is -2.22. The molecular weight excluding hydrogens is 467 g/mol. The van der Waals surface area contributed by atoms with Crippen LogP contribution in [0.3, 0.4) is 0 Å². The van der Waals surface area contributed by atoms with Gasteiger partial charge in [0.2, 0.25) is 5.91 Å². The molecule has 5 nitrogen and oxygen atoms in total. The molecule has 0 bridgehead atoms. The first-order chi connectivity index (χ1) is 13.7. The second-order valence-corrected chi connectivity index (χ2v) is 7.16. The van der Waals surface area contributed by atoms with Crippen molar-refractivity contribution >= 4 is 39.9 Å². The number of halogens is 1. The van der Waals surface area contributed by atoms with Crippen LogP contribution in [0.25, 0.3) is 0 Å². The van der Waals surface area contributed by atoms with Crippen molar-refractivity contribution in [2.75, 3.05) is 30.4 Å². The zero-order chi connectivity index (χ0) is 19.6.